The summed E-state index contributed by atoms with van der Waals surface area (Å²) in [6.07, 6.45) is 3.93. The number of ether oxygens (including phenoxy) is 1. The van der Waals surface area contributed by atoms with Crippen LogP contribution in [0.3, 0.4) is 0 Å². The molecule has 0 radical (unpaired) electrons. The highest BCUT2D eigenvalue weighted by Gasteiger charge is 2.20. The molecule has 9 nitrogen and oxygen atoms in total. The normalized spacial score (nSPS) is 15.2. The van der Waals surface area contributed by atoms with Crippen LogP contribution in [0.15, 0.2) is 41.1 Å². The molecule has 4 aromatic rings. The minimum atomic E-state index is 0.343. The number of piperidine rings is 1. The maximum absolute atomic E-state index is 5.48. The van der Waals surface area contributed by atoms with Crippen molar-refractivity contribution in [2.24, 2.45) is 0 Å². The maximum atomic E-state index is 5.48. The van der Waals surface area contributed by atoms with Gasteiger partial charge in [-0.3, -0.25) is 0 Å². The molecule has 1 N–H and O–H groups in total. The first kappa shape index (κ1) is 16.8. The molecule has 3 aromatic heterocycles. The molecule has 9 heteroatoms. The van der Waals surface area contributed by atoms with Crippen molar-refractivity contribution in [2.75, 3.05) is 20.2 Å². The van der Waals surface area contributed by atoms with Gasteiger partial charge in [-0.25, -0.2) is 9.67 Å². The van der Waals surface area contributed by atoms with Crippen molar-refractivity contribution in [3.05, 3.63) is 36.5 Å². The lowest BCUT2D eigenvalue weighted by Gasteiger charge is -2.21. The highest BCUT2D eigenvalue weighted by atomic mass is 16.5. The fourth-order valence-corrected chi connectivity index (χ4v) is 3.50. The number of aromatic nitrogens is 6. The summed E-state index contributed by atoms with van der Waals surface area (Å²) in [7, 11) is 1.58. The number of methoxy groups -OCH3 is 1. The van der Waals surface area contributed by atoms with Gasteiger partial charge in [0.2, 0.25) is 11.7 Å². The Morgan fingerprint density at radius 3 is 2.89 bits per heavy atom. The molecule has 4 heterocycles. The zero-order valence-corrected chi connectivity index (χ0v) is 15.4. The summed E-state index contributed by atoms with van der Waals surface area (Å²) in [6.45, 7) is 1.98. The van der Waals surface area contributed by atoms with Crippen molar-refractivity contribution in [2.45, 2.75) is 18.9 Å². The summed E-state index contributed by atoms with van der Waals surface area (Å²) in [5, 5.41) is 16.9. The molecular formula is C19H19N7O2. The smallest absolute Gasteiger partial charge is 0.280 e. The molecule has 0 spiro atoms. The van der Waals surface area contributed by atoms with E-state index in [1.165, 1.54) is 0 Å². The zero-order chi connectivity index (χ0) is 18.9. The van der Waals surface area contributed by atoms with Gasteiger partial charge in [-0.15, -0.1) is 5.10 Å². The van der Waals surface area contributed by atoms with E-state index in [-0.39, 0.29) is 0 Å². The fraction of sp³-hybridized carbons (Fsp3) is 0.316. The molecule has 28 heavy (non-hydrogen) atoms. The van der Waals surface area contributed by atoms with E-state index in [9.17, 15) is 0 Å². The number of nitrogens with one attached hydrogen (secondary N) is 1. The second-order valence-electron chi connectivity index (χ2n) is 6.72. The largest absolute Gasteiger partial charge is 0.481 e. The Balaban J connectivity index is 1.50. The first-order valence-corrected chi connectivity index (χ1v) is 9.22. The Labute approximate surface area is 160 Å². The van der Waals surface area contributed by atoms with Crippen molar-refractivity contribution in [3.63, 3.8) is 0 Å². The van der Waals surface area contributed by atoms with Gasteiger partial charge in [-0.1, -0.05) is 28.6 Å². The summed E-state index contributed by atoms with van der Waals surface area (Å²) in [6, 6.07) is 9.93. The monoisotopic (exact) mass is 377 g/mol. The van der Waals surface area contributed by atoms with Crippen LogP contribution in [0.2, 0.25) is 0 Å². The van der Waals surface area contributed by atoms with E-state index in [1.54, 1.807) is 7.11 Å². The Bertz CT molecular complexity index is 1110. The molecule has 0 saturated carbocycles. The van der Waals surface area contributed by atoms with E-state index in [0.29, 0.717) is 29.3 Å². The van der Waals surface area contributed by atoms with E-state index < -0.39 is 0 Å². The number of pyridine rings is 1. The van der Waals surface area contributed by atoms with Crippen LogP contribution in [0.5, 0.6) is 5.88 Å². The van der Waals surface area contributed by atoms with Gasteiger partial charge in [0, 0.05) is 17.0 Å². The Morgan fingerprint density at radius 2 is 2.04 bits per heavy atom. The van der Waals surface area contributed by atoms with Crippen LogP contribution in [0, 0.1) is 0 Å². The van der Waals surface area contributed by atoms with Crippen LogP contribution in [-0.2, 0) is 0 Å². The first-order valence-electron chi connectivity index (χ1n) is 9.22. The van der Waals surface area contributed by atoms with Gasteiger partial charge in [0.1, 0.15) is 0 Å². The third kappa shape index (κ3) is 2.99. The first-order chi connectivity index (χ1) is 13.8. The number of hydrogen-bond acceptors (Lipinski definition) is 8. The van der Waals surface area contributed by atoms with Gasteiger partial charge in [0.25, 0.3) is 5.89 Å². The summed E-state index contributed by atoms with van der Waals surface area (Å²) >= 11 is 0. The van der Waals surface area contributed by atoms with Gasteiger partial charge >= 0.3 is 0 Å². The lowest BCUT2D eigenvalue weighted by Crippen LogP contribution is -2.29. The van der Waals surface area contributed by atoms with Crippen LogP contribution >= 0.6 is 0 Å². The second kappa shape index (κ2) is 7.01. The molecule has 0 aliphatic carbocycles. The lowest BCUT2D eigenvalue weighted by atomic mass is 10.1. The molecule has 142 valence electrons. The van der Waals surface area contributed by atoms with Crippen LogP contribution in [0.25, 0.3) is 33.9 Å². The molecule has 0 bridgehead atoms. The molecule has 5 rings (SSSR count). The van der Waals surface area contributed by atoms with Crippen LogP contribution in [-0.4, -0.2) is 50.3 Å². The summed E-state index contributed by atoms with van der Waals surface area (Å²) in [5.74, 6) is 1.30. The number of benzene rings is 1. The van der Waals surface area contributed by atoms with Crippen molar-refractivity contribution in [3.8, 4) is 28.9 Å². The maximum Gasteiger partial charge on any atom is 0.280 e. The van der Waals surface area contributed by atoms with Crippen LogP contribution in [0.1, 0.15) is 18.9 Å². The Kier molecular flexibility index (Phi) is 4.21. The van der Waals surface area contributed by atoms with Crippen molar-refractivity contribution in [1.82, 2.24) is 35.4 Å². The third-order valence-corrected chi connectivity index (χ3v) is 4.98. The molecule has 1 aliphatic rings. The van der Waals surface area contributed by atoms with Crippen molar-refractivity contribution in [1.29, 1.82) is 0 Å². The molecular weight excluding hydrogens is 358 g/mol. The molecule has 0 atom stereocenters. The highest BCUT2D eigenvalue weighted by Crippen LogP contribution is 2.30. The molecule has 0 unspecified atom stereocenters. The molecule has 0 amide bonds. The second-order valence-corrected chi connectivity index (χ2v) is 6.72. The molecule has 1 saturated heterocycles. The van der Waals surface area contributed by atoms with Crippen LogP contribution in [0.4, 0.5) is 0 Å². The predicted octanol–water partition coefficient (Wildman–Crippen LogP) is 2.48. The quantitative estimate of drug-likeness (QED) is 0.578. The predicted molar refractivity (Wildman–Crippen MR) is 102 cm³/mol. The molecule has 1 aliphatic heterocycles. The molecule has 1 aromatic carbocycles. The number of nitrogens with zero attached hydrogens (tertiary/aromatic N) is 6. The van der Waals surface area contributed by atoms with E-state index in [0.717, 1.165) is 42.4 Å². The lowest BCUT2D eigenvalue weighted by molar-refractivity contribution is 0.337. The average Bonchev–Trinajstić information content (AvgIpc) is 3.43. The topological polar surface area (TPSA) is 104 Å². The van der Waals surface area contributed by atoms with Gasteiger partial charge in [0.15, 0.2) is 5.69 Å². The standard InChI is InChI=1S/C19H19N7O2/c1-27-17-10-14(13-4-2-3-5-15(13)21-17)18-22-19(28-24-18)16-11-26(25-23-16)12-6-8-20-9-7-12/h2-5,10-12,20H,6-9H2,1H3. The SMILES string of the molecule is COc1cc(-c2noc(-c3cn(C4CCNCC4)nn3)n2)c2ccccc2n1. The van der Waals surface area contributed by atoms with E-state index >= 15 is 0 Å². The van der Waals surface area contributed by atoms with Gasteiger partial charge in [0.05, 0.1) is 24.9 Å². The van der Waals surface area contributed by atoms with E-state index in [2.05, 4.69) is 30.8 Å². The zero-order valence-electron chi connectivity index (χ0n) is 15.4. The fourth-order valence-electron chi connectivity index (χ4n) is 3.50. The van der Waals surface area contributed by atoms with Gasteiger partial charge in [-0.2, -0.15) is 4.98 Å². The minimum Gasteiger partial charge on any atom is -0.481 e. The average molecular weight is 377 g/mol. The summed E-state index contributed by atoms with van der Waals surface area (Å²) < 4.78 is 12.7. The van der Waals surface area contributed by atoms with Crippen molar-refractivity contribution < 1.29 is 9.26 Å². The van der Waals surface area contributed by atoms with Crippen LogP contribution < -0.4 is 10.1 Å². The number of fused-ring (bicyclic) bond motifs is 1. The Morgan fingerprint density at radius 1 is 1.18 bits per heavy atom. The minimum absolute atomic E-state index is 0.343. The number of para-hydroxylation sites is 1. The van der Waals surface area contributed by atoms with Crippen molar-refractivity contribution >= 4 is 10.9 Å². The number of rotatable bonds is 4. The van der Waals surface area contributed by atoms with Gasteiger partial charge < -0.3 is 14.6 Å². The third-order valence-electron chi connectivity index (χ3n) is 4.98. The van der Waals surface area contributed by atoms with Gasteiger partial charge in [-0.05, 0) is 32.0 Å². The summed E-state index contributed by atoms with van der Waals surface area (Å²) in [5.41, 5.74) is 2.17. The summed E-state index contributed by atoms with van der Waals surface area (Å²) in [4.78, 5) is 9.01. The van der Waals surface area contributed by atoms with E-state index in [1.807, 2.05) is 41.2 Å². The number of hydrogen-bond donors (Lipinski definition) is 1. The molecule has 1 fully saturated rings. The van der Waals surface area contributed by atoms with E-state index in [4.69, 9.17) is 9.26 Å². The highest BCUT2D eigenvalue weighted by molar-refractivity contribution is 5.93. The Hall–Kier alpha value is -3.33.